The first-order chi connectivity index (χ1) is 19.1. The van der Waals surface area contributed by atoms with Crippen LogP contribution in [0.3, 0.4) is 0 Å². The van der Waals surface area contributed by atoms with E-state index in [0.29, 0.717) is 31.9 Å². The number of hydrogen-bond donors (Lipinski definition) is 1. The second kappa shape index (κ2) is 11.6. The number of pyridine rings is 1. The monoisotopic (exact) mass is 553 g/mol. The summed E-state index contributed by atoms with van der Waals surface area (Å²) in [5, 5.41) is 0. The van der Waals surface area contributed by atoms with Crippen molar-refractivity contribution in [3.05, 3.63) is 66.0 Å². The molecule has 1 fully saturated rings. The number of H-pyrrole nitrogens is 1. The van der Waals surface area contributed by atoms with Gasteiger partial charge in [-0.1, -0.05) is 6.07 Å². The Balaban J connectivity index is 1.21. The molecule has 1 aliphatic heterocycles. The van der Waals surface area contributed by atoms with Crippen LogP contribution >= 0.6 is 0 Å². The molecule has 4 aromatic rings. The molecule has 210 valence electrons. The van der Waals surface area contributed by atoms with E-state index in [1.165, 1.54) is 11.2 Å². The SMILES string of the molecule is CC(C)Oc1cc(-c2ccc3nc(Cc4cc(CN5CCN(C(=O)CC(F)(F)F)CC5)ccn4)[nH]c3c2)ncn1. The highest BCUT2D eigenvalue weighted by Gasteiger charge is 2.34. The number of amides is 1. The summed E-state index contributed by atoms with van der Waals surface area (Å²) in [6.07, 6.45) is -2.12. The first-order valence-electron chi connectivity index (χ1n) is 13.1. The highest BCUT2D eigenvalue weighted by molar-refractivity contribution is 5.81. The Kier molecular flexibility index (Phi) is 7.97. The second-order valence-electron chi connectivity index (χ2n) is 10.1. The number of nitrogens with one attached hydrogen (secondary N) is 1. The molecule has 0 radical (unpaired) electrons. The number of imidazole rings is 1. The summed E-state index contributed by atoms with van der Waals surface area (Å²) in [7, 11) is 0. The van der Waals surface area contributed by atoms with Gasteiger partial charge < -0.3 is 14.6 Å². The number of halogens is 3. The van der Waals surface area contributed by atoms with Crippen LogP contribution in [0.5, 0.6) is 5.88 Å². The lowest BCUT2D eigenvalue weighted by atomic mass is 10.1. The Bertz CT molecular complexity index is 1480. The molecule has 12 heteroatoms. The van der Waals surface area contributed by atoms with Gasteiger partial charge in [0, 0.05) is 62.7 Å². The van der Waals surface area contributed by atoms with E-state index in [4.69, 9.17) is 9.72 Å². The van der Waals surface area contributed by atoms with Crippen LogP contribution in [0.25, 0.3) is 22.3 Å². The maximum absolute atomic E-state index is 12.5. The summed E-state index contributed by atoms with van der Waals surface area (Å²) in [4.78, 5) is 36.4. The van der Waals surface area contributed by atoms with E-state index >= 15 is 0 Å². The van der Waals surface area contributed by atoms with E-state index in [1.807, 2.05) is 50.2 Å². The number of piperazine rings is 1. The van der Waals surface area contributed by atoms with E-state index in [2.05, 4.69) is 24.8 Å². The van der Waals surface area contributed by atoms with Gasteiger partial charge in [0.05, 0.1) is 22.8 Å². The molecule has 1 aliphatic rings. The molecule has 1 amide bonds. The molecule has 1 N–H and O–H groups in total. The van der Waals surface area contributed by atoms with Crippen LogP contribution in [-0.4, -0.2) is 79.1 Å². The Morgan fingerprint density at radius 3 is 2.60 bits per heavy atom. The van der Waals surface area contributed by atoms with Crippen LogP contribution in [-0.2, 0) is 17.8 Å². The van der Waals surface area contributed by atoms with Crippen molar-refractivity contribution in [2.45, 2.75) is 45.5 Å². The molecule has 0 unspecified atom stereocenters. The molecule has 5 rings (SSSR count). The van der Waals surface area contributed by atoms with Gasteiger partial charge in [0.15, 0.2) is 0 Å². The Morgan fingerprint density at radius 2 is 1.85 bits per heavy atom. The van der Waals surface area contributed by atoms with Gasteiger partial charge in [0.2, 0.25) is 11.8 Å². The van der Waals surface area contributed by atoms with Crippen molar-refractivity contribution in [1.29, 1.82) is 0 Å². The largest absolute Gasteiger partial charge is 0.475 e. The summed E-state index contributed by atoms with van der Waals surface area (Å²) < 4.78 is 43.3. The van der Waals surface area contributed by atoms with Crippen LogP contribution in [0.15, 0.2) is 48.9 Å². The van der Waals surface area contributed by atoms with Crippen molar-refractivity contribution in [3.63, 3.8) is 0 Å². The van der Waals surface area contributed by atoms with Crippen molar-refractivity contribution in [2.24, 2.45) is 0 Å². The van der Waals surface area contributed by atoms with E-state index < -0.39 is 18.5 Å². The predicted molar refractivity (Wildman–Crippen MR) is 142 cm³/mol. The van der Waals surface area contributed by atoms with Gasteiger partial charge in [-0.3, -0.25) is 14.7 Å². The topological polar surface area (TPSA) is 100 Å². The second-order valence-corrected chi connectivity index (χ2v) is 10.1. The number of ether oxygens (including phenoxy) is 1. The summed E-state index contributed by atoms with van der Waals surface area (Å²) >= 11 is 0. The van der Waals surface area contributed by atoms with Crippen LogP contribution in [0, 0.1) is 0 Å². The fraction of sp³-hybridized carbons (Fsp3) is 0.393. The zero-order valence-corrected chi connectivity index (χ0v) is 22.3. The third-order valence-electron chi connectivity index (χ3n) is 6.54. The number of aromatic nitrogens is 5. The quantitative estimate of drug-likeness (QED) is 0.346. The lowest BCUT2D eigenvalue weighted by molar-refractivity contribution is -0.162. The van der Waals surface area contributed by atoms with Gasteiger partial charge in [0.1, 0.15) is 18.6 Å². The number of rotatable bonds is 8. The molecule has 0 bridgehead atoms. The number of fused-ring (bicyclic) bond motifs is 1. The Morgan fingerprint density at radius 1 is 1.05 bits per heavy atom. The van der Waals surface area contributed by atoms with Crippen molar-refractivity contribution in [1.82, 2.24) is 34.7 Å². The number of aromatic amines is 1. The fourth-order valence-corrected chi connectivity index (χ4v) is 4.70. The molecular formula is C28H30F3N7O2. The molecule has 0 saturated carbocycles. The fourth-order valence-electron chi connectivity index (χ4n) is 4.70. The molecule has 4 heterocycles. The van der Waals surface area contributed by atoms with Gasteiger partial charge in [-0.05, 0) is 43.7 Å². The van der Waals surface area contributed by atoms with Crippen LogP contribution in [0.1, 0.15) is 37.4 Å². The Hall–Kier alpha value is -4.06. The molecule has 9 nitrogen and oxygen atoms in total. The summed E-state index contributed by atoms with van der Waals surface area (Å²) in [5.41, 5.74) is 5.28. The first kappa shape index (κ1) is 27.5. The zero-order chi connectivity index (χ0) is 28.3. The first-order valence-corrected chi connectivity index (χ1v) is 13.1. The van der Waals surface area contributed by atoms with Crippen LogP contribution < -0.4 is 4.74 Å². The van der Waals surface area contributed by atoms with Crippen LogP contribution in [0.4, 0.5) is 13.2 Å². The molecule has 0 spiro atoms. The minimum atomic E-state index is -4.48. The third kappa shape index (κ3) is 7.12. The molecule has 40 heavy (non-hydrogen) atoms. The van der Waals surface area contributed by atoms with E-state index in [0.717, 1.165) is 39.4 Å². The van der Waals surface area contributed by atoms with Crippen molar-refractivity contribution in [3.8, 4) is 17.1 Å². The standard InChI is InChI=1S/C28H30F3N7O2/c1-18(2)40-26-14-23(33-17-34-26)20-3-4-22-24(12-20)36-25(35-22)13-21-11-19(5-6-32-21)16-37-7-9-38(10-8-37)27(39)15-28(29,30)31/h3-6,11-12,14,17-18H,7-10,13,15-16H2,1-2H3,(H,35,36). The van der Waals surface area contributed by atoms with E-state index in [1.54, 1.807) is 6.20 Å². The lowest BCUT2D eigenvalue weighted by Gasteiger charge is -2.35. The smallest absolute Gasteiger partial charge is 0.397 e. The van der Waals surface area contributed by atoms with Gasteiger partial charge in [-0.15, -0.1) is 0 Å². The highest BCUT2D eigenvalue weighted by Crippen LogP contribution is 2.25. The van der Waals surface area contributed by atoms with Gasteiger partial charge >= 0.3 is 6.18 Å². The number of hydrogen-bond acceptors (Lipinski definition) is 7. The summed E-state index contributed by atoms with van der Waals surface area (Å²) in [6.45, 7) is 6.13. The Labute approximate surface area is 229 Å². The van der Waals surface area contributed by atoms with Crippen molar-refractivity contribution < 1.29 is 22.7 Å². The molecule has 0 aliphatic carbocycles. The zero-order valence-electron chi connectivity index (χ0n) is 22.3. The third-order valence-corrected chi connectivity index (χ3v) is 6.54. The molecule has 0 atom stereocenters. The average Bonchev–Trinajstić information content (AvgIpc) is 3.29. The van der Waals surface area contributed by atoms with Gasteiger partial charge in [-0.25, -0.2) is 15.0 Å². The number of benzene rings is 1. The predicted octanol–water partition coefficient (Wildman–Crippen LogP) is 4.39. The van der Waals surface area contributed by atoms with Crippen molar-refractivity contribution >= 4 is 16.9 Å². The minimum Gasteiger partial charge on any atom is -0.475 e. The van der Waals surface area contributed by atoms with E-state index in [9.17, 15) is 18.0 Å². The number of alkyl halides is 3. The maximum atomic E-state index is 12.5. The minimum absolute atomic E-state index is 0.0139. The normalized spacial score (nSPS) is 14.7. The highest BCUT2D eigenvalue weighted by atomic mass is 19.4. The number of carbonyl (C=O) groups excluding carboxylic acids is 1. The number of carbonyl (C=O) groups is 1. The lowest BCUT2D eigenvalue weighted by Crippen LogP contribution is -2.49. The summed E-state index contributed by atoms with van der Waals surface area (Å²) in [6, 6.07) is 11.7. The molecular weight excluding hydrogens is 523 g/mol. The molecule has 3 aromatic heterocycles. The van der Waals surface area contributed by atoms with E-state index in [-0.39, 0.29) is 19.2 Å². The number of nitrogens with zero attached hydrogens (tertiary/aromatic N) is 6. The van der Waals surface area contributed by atoms with Crippen LogP contribution in [0.2, 0.25) is 0 Å². The van der Waals surface area contributed by atoms with Crippen molar-refractivity contribution in [2.75, 3.05) is 26.2 Å². The molecule has 1 aromatic carbocycles. The summed E-state index contributed by atoms with van der Waals surface area (Å²) in [5.74, 6) is 0.437. The van der Waals surface area contributed by atoms with Gasteiger partial charge in [0.25, 0.3) is 0 Å². The van der Waals surface area contributed by atoms with Gasteiger partial charge in [-0.2, -0.15) is 13.2 Å². The average molecular weight is 554 g/mol. The molecule has 1 saturated heterocycles. The maximum Gasteiger partial charge on any atom is 0.397 e.